The van der Waals surface area contributed by atoms with Gasteiger partial charge in [-0.3, -0.25) is 4.68 Å². The van der Waals surface area contributed by atoms with Crippen LogP contribution in [0.2, 0.25) is 10.0 Å². The van der Waals surface area contributed by atoms with Crippen LogP contribution in [0, 0.1) is 12.7 Å². The molecule has 3 aromatic rings. The fourth-order valence-corrected chi connectivity index (χ4v) is 4.80. The number of nitrogens with zero attached hydrogens (tertiary/aromatic N) is 3. The first kappa shape index (κ1) is 23.6. The quantitative estimate of drug-likeness (QED) is 0.437. The van der Waals surface area contributed by atoms with E-state index in [9.17, 15) is 4.79 Å². The molecule has 1 saturated heterocycles. The molecule has 1 aliphatic heterocycles. The Kier molecular flexibility index (Phi) is 5.99. The molecule has 0 radical (unpaired) electrons. The van der Waals surface area contributed by atoms with Gasteiger partial charge in [-0.15, -0.1) is 0 Å². The number of anilines is 1. The summed E-state index contributed by atoms with van der Waals surface area (Å²) in [4.78, 5) is 14.4. The summed E-state index contributed by atoms with van der Waals surface area (Å²) in [5.41, 5.74) is 1.20. The van der Waals surface area contributed by atoms with Crippen LogP contribution in [0.3, 0.4) is 0 Å². The van der Waals surface area contributed by atoms with Crippen LogP contribution in [0.5, 0.6) is 0 Å². The zero-order valence-corrected chi connectivity index (χ0v) is 20.8. The molecule has 1 unspecified atom stereocenters. The van der Waals surface area contributed by atoms with Gasteiger partial charge in [-0.25, -0.2) is 9.18 Å². The van der Waals surface area contributed by atoms with Gasteiger partial charge in [0.2, 0.25) is 0 Å². The highest BCUT2D eigenvalue weighted by molar-refractivity contribution is 6.42. The van der Waals surface area contributed by atoms with Gasteiger partial charge < -0.3 is 15.0 Å². The molecule has 1 N–H and O–H groups in total. The summed E-state index contributed by atoms with van der Waals surface area (Å²) in [6.07, 6.45) is -0.0387. The number of fused-ring (bicyclic) bond motifs is 1. The van der Waals surface area contributed by atoms with E-state index in [0.717, 1.165) is 22.3 Å². The third-order valence-electron chi connectivity index (χ3n) is 5.96. The molecule has 4 rings (SSSR count). The SMILES string of the molecule is Cc1c2ccc(NC3(c4c(F)ccc(Cl)c4Cl)CCN(C(=O)OC(C)(C)C)C3)cc2nn1C. The minimum atomic E-state index is -1.000. The van der Waals surface area contributed by atoms with Gasteiger partial charge in [0.05, 0.1) is 27.6 Å². The predicted octanol–water partition coefficient (Wildman–Crippen LogP) is 6.28. The van der Waals surface area contributed by atoms with Gasteiger partial charge in [0, 0.05) is 35.9 Å². The Balaban J connectivity index is 1.76. The van der Waals surface area contributed by atoms with E-state index in [1.807, 2.05) is 57.6 Å². The maximum absolute atomic E-state index is 15.2. The highest BCUT2D eigenvalue weighted by atomic mass is 35.5. The number of rotatable bonds is 3. The third-order valence-corrected chi connectivity index (χ3v) is 6.76. The highest BCUT2D eigenvalue weighted by Crippen LogP contribution is 2.43. The van der Waals surface area contributed by atoms with E-state index in [2.05, 4.69) is 10.4 Å². The summed E-state index contributed by atoms with van der Waals surface area (Å²) in [6.45, 7) is 7.96. The first-order chi connectivity index (χ1) is 15.4. The summed E-state index contributed by atoms with van der Waals surface area (Å²) in [6, 6.07) is 8.54. The van der Waals surface area contributed by atoms with Gasteiger partial charge in [0.15, 0.2) is 0 Å². The van der Waals surface area contributed by atoms with Crippen LogP contribution < -0.4 is 5.32 Å². The van der Waals surface area contributed by atoms with Gasteiger partial charge in [0.25, 0.3) is 0 Å². The topological polar surface area (TPSA) is 59.4 Å². The largest absolute Gasteiger partial charge is 0.444 e. The second-order valence-electron chi connectivity index (χ2n) is 9.52. The Morgan fingerprint density at radius 1 is 1.24 bits per heavy atom. The fraction of sp³-hybridized carbons (Fsp3) is 0.417. The van der Waals surface area contributed by atoms with Crippen LogP contribution in [0.4, 0.5) is 14.9 Å². The number of ether oxygens (including phenoxy) is 1. The van der Waals surface area contributed by atoms with E-state index < -0.39 is 23.1 Å². The lowest BCUT2D eigenvalue weighted by Gasteiger charge is -2.34. The van der Waals surface area contributed by atoms with Crippen molar-refractivity contribution >= 4 is 45.9 Å². The third kappa shape index (κ3) is 4.49. The van der Waals surface area contributed by atoms with E-state index in [1.165, 1.54) is 12.1 Å². The Morgan fingerprint density at radius 2 is 1.97 bits per heavy atom. The van der Waals surface area contributed by atoms with Crippen molar-refractivity contribution in [3.8, 4) is 0 Å². The molecule has 176 valence electrons. The number of halogens is 3. The highest BCUT2D eigenvalue weighted by Gasteiger charge is 2.46. The van der Waals surface area contributed by atoms with Crippen molar-refractivity contribution in [1.82, 2.24) is 14.7 Å². The molecular weight excluding hydrogens is 466 g/mol. The van der Waals surface area contributed by atoms with Crippen LogP contribution in [0.15, 0.2) is 30.3 Å². The van der Waals surface area contributed by atoms with Crippen molar-refractivity contribution in [3.63, 3.8) is 0 Å². The van der Waals surface area contributed by atoms with Crippen molar-refractivity contribution in [1.29, 1.82) is 0 Å². The Hall–Kier alpha value is -2.51. The molecule has 0 saturated carbocycles. The minimum absolute atomic E-state index is 0.130. The van der Waals surface area contributed by atoms with Crippen molar-refractivity contribution in [2.45, 2.75) is 45.3 Å². The lowest BCUT2D eigenvalue weighted by atomic mass is 9.87. The summed E-state index contributed by atoms with van der Waals surface area (Å²) < 4.78 is 22.6. The summed E-state index contributed by atoms with van der Waals surface area (Å²) in [5, 5.41) is 9.43. The molecule has 2 aromatic carbocycles. The maximum atomic E-state index is 15.2. The summed E-state index contributed by atoms with van der Waals surface area (Å²) >= 11 is 12.8. The second kappa shape index (κ2) is 8.37. The molecule has 0 aliphatic carbocycles. The number of benzene rings is 2. The molecule has 9 heteroatoms. The molecule has 1 aliphatic rings. The van der Waals surface area contributed by atoms with E-state index in [0.29, 0.717) is 13.0 Å². The number of aromatic nitrogens is 2. The van der Waals surface area contributed by atoms with Crippen LogP contribution in [-0.2, 0) is 17.3 Å². The molecule has 2 heterocycles. The minimum Gasteiger partial charge on any atom is -0.444 e. The Labute approximate surface area is 202 Å². The van der Waals surface area contributed by atoms with Crippen LogP contribution in [0.1, 0.15) is 38.4 Å². The first-order valence-electron chi connectivity index (χ1n) is 10.7. The Morgan fingerprint density at radius 3 is 2.67 bits per heavy atom. The number of carbonyl (C=O) groups excluding carboxylic acids is 1. The zero-order valence-electron chi connectivity index (χ0n) is 19.3. The number of nitrogens with one attached hydrogen (secondary N) is 1. The van der Waals surface area contributed by atoms with E-state index >= 15 is 4.39 Å². The maximum Gasteiger partial charge on any atom is 0.410 e. The Bertz CT molecular complexity index is 1240. The van der Waals surface area contributed by atoms with Crippen molar-refractivity contribution in [2.75, 3.05) is 18.4 Å². The smallest absolute Gasteiger partial charge is 0.410 e. The molecule has 1 aromatic heterocycles. The average Bonchev–Trinajstić information content (AvgIpc) is 3.26. The van der Waals surface area contributed by atoms with Crippen LogP contribution >= 0.6 is 23.2 Å². The molecular formula is C24H27Cl2FN4O2. The second-order valence-corrected chi connectivity index (χ2v) is 10.3. The normalized spacial score (nSPS) is 18.7. The number of hydrogen-bond donors (Lipinski definition) is 1. The van der Waals surface area contributed by atoms with E-state index in [-0.39, 0.29) is 22.2 Å². The fourth-order valence-electron chi connectivity index (χ4n) is 4.31. The number of carbonyl (C=O) groups is 1. The molecule has 33 heavy (non-hydrogen) atoms. The number of likely N-dealkylation sites (tertiary alicyclic amines) is 1. The number of hydrogen-bond acceptors (Lipinski definition) is 4. The van der Waals surface area contributed by atoms with Crippen molar-refractivity contribution in [2.24, 2.45) is 7.05 Å². The zero-order chi connectivity index (χ0) is 24.1. The molecule has 1 atom stereocenters. The lowest BCUT2D eigenvalue weighted by Crippen LogP contribution is -2.42. The predicted molar refractivity (Wildman–Crippen MR) is 130 cm³/mol. The molecule has 6 nitrogen and oxygen atoms in total. The van der Waals surface area contributed by atoms with Crippen molar-refractivity contribution < 1.29 is 13.9 Å². The van der Waals surface area contributed by atoms with Crippen LogP contribution in [-0.4, -0.2) is 39.5 Å². The monoisotopic (exact) mass is 492 g/mol. The van der Waals surface area contributed by atoms with Gasteiger partial charge in [-0.2, -0.15) is 5.10 Å². The van der Waals surface area contributed by atoms with Gasteiger partial charge >= 0.3 is 6.09 Å². The molecule has 0 bridgehead atoms. The number of amides is 1. The van der Waals surface area contributed by atoms with Crippen LogP contribution in [0.25, 0.3) is 10.9 Å². The van der Waals surface area contributed by atoms with E-state index in [4.69, 9.17) is 27.9 Å². The summed E-state index contributed by atoms with van der Waals surface area (Å²) in [7, 11) is 1.89. The standard InChI is InChI=1S/C24H27Cl2FN4O2/c1-14-16-7-6-15(12-19(16)29-30(14)5)28-24(20-18(27)9-8-17(25)21(20)26)10-11-31(13-24)22(32)33-23(2,3)4/h6-9,12,28H,10-11,13H2,1-5H3. The van der Waals surface area contributed by atoms with Gasteiger partial charge in [-0.1, -0.05) is 23.2 Å². The molecule has 1 fully saturated rings. The number of aryl methyl sites for hydroxylation is 2. The molecule has 0 spiro atoms. The molecule has 1 amide bonds. The summed E-state index contributed by atoms with van der Waals surface area (Å²) in [5.74, 6) is -0.488. The average molecular weight is 493 g/mol. The lowest BCUT2D eigenvalue weighted by molar-refractivity contribution is 0.0286. The van der Waals surface area contributed by atoms with E-state index in [1.54, 1.807) is 4.90 Å². The first-order valence-corrected chi connectivity index (χ1v) is 11.5. The van der Waals surface area contributed by atoms with Gasteiger partial charge in [-0.05, 0) is 64.4 Å². The van der Waals surface area contributed by atoms with Crippen molar-refractivity contribution in [3.05, 3.63) is 57.5 Å². The van der Waals surface area contributed by atoms with Gasteiger partial charge in [0.1, 0.15) is 11.4 Å².